The van der Waals surface area contributed by atoms with Gasteiger partial charge >= 0.3 is 0 Å². The standard InChI is InChI=1S/C47H84N6O23/c1-27(57)51-37-31(60)20-30(21-54)74-44(37)71-14-5-11-48-34(61)8-17-68-24-47(4,25-69-18-9-35(62)49-12-6-15-72-45-38(52-28(2)58)42(66)40(64)32(22-55)75-45)26-70-19-10-36(63)50-13-7-16-73-46-39(53-29(3)59)43(67)41(65)33(23-56)76-46/h30-33,37-46,54-56,60,64-67H,5-26H2,1-4H3,(H,48,61)(H,49,62)(H,50,63)(H,51,57)(H,52,58)(H,53,59)/t30?,31-,32?,33?,37?,38?,39?,40-,41-,42+,43+,44+,45+,46+,47?/m0/s1. The lowest BCUT2D eigenvalue weighted by Gasteiger charge is -2.42. The van der Waals surface area contributed by atoms with Gasteiger partial charge in [-0.25, -0.2) is 0 Å². The van der Waals surface area contributed by atoms with Gasteiger partial charge in [0, 0.05) is 71.5 Å². The Hall–Kier alpha value is -3.86. The van der Waals surface area contributed by atoms with Crippen molar-refractivity contribution in [3.8, 4) is 0 Å². The third kappa shape index (κ3) is 24.0. The van der Waals surface area contributed by atoms with Crippen molar-refractivity contribution >= 4 is 35.4 Å². The normalized spacial score (nSPS) is 29.4. The second-order valence-corrected chi connectivity index (χ2v) is 19.1. The van der Waals surface area contributed by atoms with E-state index in [-0.39, 0.29) is 135 Å². The Bertz CT molecular complexity index is 1660. The fourth-order valence-corrected chi connectivity index (χ4v) is 8.15. The number of aliphatic hydroxyl groups excluding tert-OH is 8. The van der Waals surface area contributed by atoms with E-state index in [0.717, 1.165) is 0 Å². The minimum atomic E-state index is -1.46. The molecule has 14 N–H and O–H groups in total. The number of amides is 6. The quantitative estimate of drug-likeness (QED) is 0.0260. The molecular weight excluding hydrogens is 1020 g/mol. The summed E-state index contributed by atoms with van der Waals surface area (Å²) >= 11 is 0. The molecule has 3 fully saturated rings. The number of rotatable bonds is 36. The van der Waals surface area contributed by atoms with E-state index in [4.69, 9.17) is 42.6 Å². The van der Waals surface area contributed by atoms with Crippen LogP contribution in [0.2, 0.25) is 0 Å². The molecule has 0 aromatic rings. The Kier molecular flexibility index (Phi) is 31.1. The SMILES string of the molecule is CC(=O)NC1[C@H](OCCCNC(=O)CCOCC(C)(COCCC(=O)NCCCO[C@@H]2OC(CO)[C@H](O)[C@H](O)C2NC(C)=O)COCCC(=O)NCCCO[C@@H]2OC(CO)C[C@H](O)C2NC(C)=O)OC(CO)[C@H](O)[C@@H]1O. The molecule has 0 spiro atoms. The summed E-state index contributed by atoms with van der Waals surface area (Å²) in [6.07, 6.45) is -12.0. The largest absolute Gasteiger partial charge is 0.394 e. The second-order valence-electron chi connectivity index (χ2n) is 19.1. The third-order valence-electron chi connectivity index (χ3n) is 12.2. The molecule has 0 saturated carbocycles. The summed E-state index contributed by atoms with van der Waals surface area (Å²) in [5.41, 5.74) is -0.807. The van der Waals surface area contributed by atoms with Crippen LogP contribution in [0.4, 0.5) is 0 Å². The van der Waals surface area contributed by atoms with E-state index in [9.17, 15) is 69.6 Å². The number of aliphatic hydroxyl groups is 8. The van der Waals surface area contributed by atoms with Crippen LogP contribution in [0, 0.1) is 5.41 Å². The van der Waals surface area contributed by atoms with Crippen LogP contribution in [0.5, 0.6) is 0 Å². The fraction of sp³-hybridized carbons (Fsp3) is 0.872. The van der Waals surface area contributed by atoms with Gasteiger partial charge in [0.05, 0.1) is 91.5 Å². The molecule has 6 amide bonds. The first-order valence-electron chi connectivity index (χ1n) is 25.6. The first kappa shape index (κ1) is 66.4. The second kappa shape index (κ2) is 35.6. The molecule has 76 heavy (non-hydrogen) atoms. The maximum Gasteiger partial charge on any atom is 0.222 e. The Morgan fingerprint density at radius 1 is 0.487 bits per heavy atom. The van der Waals surface area contributed by atoms with Crippen LogP contribution >= 0.6 is 0 Å². The average Bonchev–Trinajstić information content (AvgIpc) is 3.37. The van der Waals surface area contributed by atoms with Gasteiger partial charge in [-0.2, -0.15) is 0 Å². The summed E-state index contributed by atoms with van der Waals surface area (Å²) in [5.74, 6) is -2.33. The Morgan fingerprint density at radius 3 is 1.16 bits per heavy atom. The van der Waals surface area contributed by atoms with Gasteiger partial charge in [-0.3, -0.25) is 28.8 Å². The molecule has 29 heteroatoms. The highest BCUT2D eigenvalue weighted by molar-refractivity contribution is 5.77. The minimum Gasteiger partial charge on any atom is -0.394 e. The number of hydrogen-bond donors (Lipinski definition) is 14. The first-order chi connectivity index (χ1) is 36.2. The molecular formula is C47H84N6O23. The van der Waals surface area contributed by atoms with Crippen LogP contribution in [0.3, 0.4) is 0 Å². The van der Waals surface area contributed by atoms with E-state index in [1.807, 2.05) is 6.92 Å². The number of hydrogen-bond acceptors (Lipinski definition) is 23. The van der Waals surface area contributed by atoms with E-state index in [1.165, 1.54) is 20.8 Å². The molecule has 3 saturated heterocycles. The van der Waals surface area contributed by atoms with Gasteiger partial charge in [0.25, 0.3) is 0 Å². The molecule has 6 unspecified atom stereocenters. The van der Waals surface area contributed by atoms with Gasteiger partial charge < -0.3 is 115 Å². The molecule has 3 aliphatic rings. The fourth-order valence-electron chi connectivity index (χ4n) is 8.15. The van der Waals surface area contributed by atoms with Crippen molar-refractivity contribution in [3.05, 3.63) is 0 Å². The maximum absolute atomic E-state index is 12.6. The van der Waals surface area contributed by atoms with E-state index in [2.05, 4.69) is 31.9 Å². The van der Waals surface area contributed by atoms with Crippen LogP contribution in [-0.2, 0) is 71.4 Å². The lowest BCUT2D eigenvalue weighted by Crippen LogP contribution is -2.64. The van der Waals surface area contributed by atoms with Crippen molar-refractivity contribution in [2.45, 2.75) is 158 Å². The van der Waals surface area contributed by atoms with Crippen LogP contribution in [0.1, 0.15) is 72.6 Å². The molecule has 3 heterocycles. The monoisotopic (exact) mass is 1100 g/mol. The van der Waals surface area contributed by atoms with Crippen molar-refractivity contribution in [2.24, 2.45) is 5.41 Å². The van der Waals surface area contributed by atoms with E-state index >= 15 is 0 Å². The summed E-state index contributed by atoms with van der Waals surface area (Å²) in [6, 6.07) is -3.03. The number of carbonyl (C=O) groups excluding carboxylic acids is 6. The first-order valence-corrected chi connectivity index (χ1v) is 25.6. The molecule has 0 aliphatic carbocycles. The van der Waals surface area contributed by atoms with E-state index in [1.54, 1.807) is 0 Å². The van der Waals surface area contributed by atoms with Gasteiger partial charge in [-0.15, -0.1) is 0 Å². The highest BCUT2D eigenvalue weighted by atomic mass is 16.7. The maximum atomic E-state index is 12.6. The Labute approximate surface area is 441 Å². The van der Waals surface area contributed by atoms with E-state index in [0.29, 0.717) is 19.3 Å². The van der Waals surface area contributed by atoms with Crippen molar-refractivity contribution in [1.82, 2.24) is 31.9 Å². The lowest BCUT2D eigenvalue weighted by molar-refractivity contribution is -0.270. The number of nitrogens with one attached hydrogen (secondary N) is 6. The molecule has 0 aromatic heterocycles. The topological polar surface area (TPSA) is 420 Å². The molecule has 0 radical (unpaired) electrons. The average molecular weight is 1100 g/mol. The predicted octanol–water partition coefficient (Wildman–Crippen LogP) is -6.36. The van der Waals surface area contributed by atoms with Gasteiger partial charge in [0.2, 0.25) is 35.4 Å². The highest BCUT2D eigenvalue weighted by Crippen LogP contribution is 2.25. The van der Waals surface area contributed by atoms with Crippen LogP contribution < -0.4 is 31.9 Å². The number of carbonyl (C=O) groups is 6. The predicted molar refractivity (Wildman–Crippen MR) is 260 cm³/mol. The van der Waals surface area contributed by atoms with Crippen molar-refractivity contribution < 1.29 is 112 Å². The number of ether oxygens (including phenoxy) is 9. The Balaban J connectivity index is 1.42. The Morgan fingerprint density at radius 2 is 0.829 bits per heavy atom. The zero-order valence-electron chi connectivity index (χ0n) is 43.8. The molecule has 0 aromatic carbocycles. The molecule has 3 aliphatic heterocycles. The summed E-state index contributed by atoms with van der Waals surface area (Å²) in [7, 11) is 0. The smallest absolute Gasteiger partial charge is 0.222 e. The molecule has 3 rings (SSSR count). The lowest BCUT2D eigenvalue weighted by atomic mass is 9.94. The zero-order chi connectivity index (χ0) is 56.2. The van der Waals surface area contributed by atoms with E-state index < -0.39 is 116 Å². The summed E-state index contributed by atoms with van der Waals surface area (Å²) in [6.45, 7) is 5.09. The van der Waals surface area contributed by atoms with Gasteiger partial charge in [0.1, 0.15) is 54.7 Å². The summed E-state index contributed by atoms with van der Waals surface area (Å²) in [4.78, 5) is 72.9. The summed E-state index contributed by atoms with van der Waals surface area (Å²) < 4.78 is 51.5. The highest BCUT2D eigenvalue weighted by Gasteiger charge is 2.47. The molecule has 440 valence electrons. The van der Waals surface area contributed by atoms with Gasteiger partial charge in [0.15, 0.2) is 18.9 Å². The van der Waals surface area contributed by atoms with Crippen LogP contribution in [-0.4, -0.2) is 261 Å². The molecule has 29 nitrogen and oxygen atoms in total. The minimum absolute atomic E-state index is 0.00539. The van der Waals surface area contributed by atoms with Crippen LogP contribution in [0.25, 0.3) is 0 Å². The zero-order valence-corrected chi connectivity index (χ0v) is 43.8. The van der Waals surface area contributed by atoms with Gasteiger partial charge in [-0.05, 0) is 19.3 Å². The van der Waals surface area contributed by atoms with Crippen molar-refractivity contribution in [2.75, 3.05) is 98.9 Å². The molecule has 0 bridgehead atoms. The van der Waals surface area contributed by atoms with Crippen LogP contribution in [0.15, 0.2) is 0 Å². The third-order valence-corrected chi connectivity index (χ3v) is 12.2. The van der Waals surface area contributed by atoms with Gasteiger partial charge in [-0.1, -0.05) is 6.92 Å². The van der Waals surface area contributed by atoms with Crippen molar-refractivity contribution in [3.63, 3.8) is 0 Å². The molecule has 14 atom stereocenters. The van der Waals surface area contributed by atoms with Crippen molar-refractivity contribution in [1.29, 1.82) is 0 Å². The summed E-state index contributed by atoms with van der Waals surface area (Å²) in [5, 5.41) is 96.1.